The molecule has 1 aliphatic rings. The Balaban J connectivity index is 1.75. The van der Waals surface area contributed by atoms with Crippen molar-refractivity contribution in [3.05, 3.63) is 93.4 Å². The van der Waals surface area contributed by atoms with E-state index in [1.807, 2.05) is 66.7 Å². The molecule has 0 amide bonds. The van der Waals surface area contributed by atoms with Gasteiger partial charge in [0.25, 0.3) is 0 Å². The quantitative estimate of drug-likeness (QED) is 0.556. The molecule has 1 N–H and O–H groups in total. The molecule has 3 nitrogen and oxygen atoms in total. The van der Waals surface area contributed by atoms with Gasteiger partial charge in [-0.15, -0.1) is 0 Å². The highest BCUT2D eigenvalue weighted by atomic mass is 79.9. The lowest BCUT2D eigenvalue weighted by Gasteiger charge is -2.34. The lowest BCUT2D eigenvalue weighted by molar-refractivity contribution is 0.0629. The van der Waals surface area contributed by atoms with Gasteiger partial charge in [0.1, 0.15) is 0 Å². The molecular formula is C21H18Br2N2O. The molecule has 0 aliphatic carbocycles. The molecule has 3 aromatic carbocycles. The zero-order valence-corrected chi connectivity index (χ0v) is 17.2. The van der Waals surface area contributed by atoms with E-state index in [1.54, 1.807) is 0 Å². The summed E-state index contributed by atoms with van der Waals surface area (Å²) in [6.45, 7) is 1.10. The Hall–Kier alpha value is -1.82. The van der Waals surface area contributed by atoms with Crippen LogP contribution in [0.15, 0.2) is 87.8 Å². The van der Waals surface area contributed by atoms with Crippen LogP contribution in [0.2, 0.25) is 0 Å². The second-order valence-corrected chi connectivity index (χ2v) is 8.23. The first-order chi connectivity index (χ1) is 12.6. The summed E-state index contributed by atoms with van der Waals surface area (Å²) in [6, 6.07) is 26.1. The Morgan fingerprint density at radius 2 is 1.27 bits per heavy atom. The molecule has 1 saturated heterocycles. The normalized spacial score (nSPS) is 19.8. The van der Waals surface area contributed by atoms with Crippen LogP contribution in [0.3, 0.4) is 0 Å². The lowest BCUT2D eigenvalue weighted by Crippen LogP contribution is -2.43. The van der Waals surface area contributed by atoms with Crippen LogP contribution in [0.5, 0.6) is 0 Å². The van der Waals surface area contributed by atoms with Crippen molar-refractivity contribution in [1.29, 1.82) is 0 Å². The minimum absolute atomic E-state index is 0.495. The molecule has 3 aromatic rings. The van der Waals surface area contributed by atoms with Crippen LogP contribution in [-0.4, -0.2) is 18.3 Å². The Labute approximate surface area is 170 Å². The van der Waals surface area contributed by atoms with Gasteiger partial charge in [-0.1, -0.05) is 62.2 Å². The van der Waals surface area contributed by atoms with Gasteiger partial charge in [-0.3, -0.25) is 0 Å². The maximum Gasteiger partial charge on any atom is 0.183 e. The predicted molar refractivity (Wildman–Crippen MR) is 113 cm³/mol. The number of rotatable bonds is 3. The van der Waals surface area contributed by atoms with Crippen LogP contribution in [0, 0.1) is 0 Å². The van der Waals surface area contributed by atoms with Crippen molar-refractivity contribution in [1.82, 2.24) is 0 Å². The molecule has 0 aromatic heterocycles. The van der Waals surface area contributed by atoms with Crippen molar-refractivity contribution in [2.45, 2.75) is 5.72 Å². The van der Waals surface area contributed by atoms with Crippen molar-refractivity contribution < 1.29 is 5.11 Å². The minimum atomic E-state index is -1.10. The van der Waals surface area contributed by atoms with E-state index in [0.29, 0.717) is 13.2 Å². The van der Waals surface area contributed by atoms with Gasteiger partial charge in [0.15, 0.2) is 5.72 Å². The van der Waals surface area contributed by atoms with Crippen LogP contribution in [0.1, 0.15) is 5.56 Å². The first-order valence-corrected chi connectivity index (χ1v) is 9.96. The molecule has 1 unspecified atom stereocenters. The molecule has 1 fully saturated rings. The van der Waals surface area contributed by atoms with Gasteiger partial charge in [0.2, 0.25) is 0 Å². The maximum absolute atomic E-state index is 11.7. The Bertz CT molecular complexity index is 884. The van der Waals surface area contributed by atoms with Crippen LogP contribution < -0.4 is 9.80 Å². The fourth-order valence-corrected chi connectivity index (χ4v) is 3.91. The summed E-state index contributed by atoms with van der Waals surface area (Å²) in [5.41, 5.74) is 1.87. The summed E-state index contributed by atoms with van der Waals surface area (Å²) in [4.78, 5) is 4.25. The Morgan fingerprint density at radius 1 is 0.731 bits per heavy atom. The Kier molecular flexibility index (Phi) is 4.78. The van der Waals surface area contributed by atoms with Crippen LogP contribution in [-0.2, 0) is 5.72 Å². The summed E-state index contributed by atoms with van der Waals surface area (Å²) < 4.78 is 2.07. The average molecular weight is 474 g/mol. The second kappa shape index (κ2) is 7.06. The SMILES string of the molecule is OC1(c2ccccc2)CN(c2ccc(Br)cc2)CN1c1ccc(Br)cc1. The van der Waals surface area contributed by atoms with Crippen LogP contribution >= 0.6 is 31.9 Å². The van der Waals surface area contributed by atoms with Crippen LogP contribution in [0.4, 0.5) is 11.4 Å². The van der Waals surface area contributed by atoms with Crippen LogP contribution in [0.25, 0.3) is 0 Å². The van der Waals surface area contributed by atoms with E-state index in [2.05, 4.69) is 53.8 Å². The van der Waals surface area contributed by atoms with Crippen molar-refractivity contribution >= 4 is 43.2 Å². The van der Waals surface area contributed by atoms with E-state index >= 15 is 0 Å². The third-order valence-corrected chi connectivity index (χ3v) is 5.79. The molecule has 1 aliphatic heterocycles. The maximum atomic E-state index is 11.7. The number of benzene rings is 3. The number of anilines is 2. The lowest BCUT2D eigenvalue weighted by atomic mass is 10.0. The second-order valence-electron chi connectivity index (χ2n) is 6.40. The number of nitrogens with zero attached hydrogens (tertiary/aromatic N) is 2. The summed E-state index contributed by atoms with van der Waals surface area (Å²) >= 11 is 6.97. The number of hydrogen-bond acceptors (Lipinski definition) is 3. The molecular weight excluding hydrogens is 456 g/mol. The van der Waals surface area contributed by atoms with Gasteiger partial charge in [0, 0.05) is 25.9 Å². The van der Waals surface area contributed by atoms with Gasteiger partial charge in [-0.2, -0.15) is 0 Å². The molecule has 0 spiro atoms. The molecule has 132 valence electrons. The van der Waals surface area contributed by atoms with E-state index in [-0.39, 0.29) is 0 Å². The molecule has 5 heteroatoms. The van der Waals surface area contributed by atoms with Crippen molar-refractivity contribution in [3.63, 3.8) is 0 Å². The number of halogens is 2. The highest BCUT2D eigenvalue weighted by Gasteiger charge is 2.44. The summed E-state index contributed by atoms with van der Waals surface area (Å²) in [7, 11) is 0. The van der Waals surface area contributed by atoms with E-state index in [4.69, 9.17) is 0 Å². The first-order valence-electron chi connectivity index (χ1n) is 8.38. The van der Waals surface area contributed by atoms with E-state index in [0.717, 1.165) is 25.9 Å². The predicted octanol–water partition coefficient (Wildman–Crippen LogP) is 5.34. The standard InChI is InChI=1S/C21H18Br2N2O/c22-17-6-10-19(11-7-17)24-14-21(26,16-4-2-1-3-5-16)25(15-24)20-12-8-18(23)9-13-20/h1-13,26H,14-15H2. The zero-order chi connectivity index (χ0) is 18.1. The smallest absolute Gasteiger partial charge is 0.183 e. The number of aliphatic hydroxyl groups is 1. The molecule has 0 bridgehead atoms. The minimum Gasteiger partial charge on any atom is -0.365 e. The molecule has 4 rings (SSSR count). The molecule has 1 heterocycles. The highest BCUT2D eigenvalue weighted by molar-refractivity contribution is 9.10. The van der Waals surface area contributed by atoms with Gasteiger partial charge >= 0.3 is 0 Å². The Morgan fingerprint density at radius 3 is 1.85 bits per heavy atom. The molecule has 0 saturated carbocycles. The monoisotopic (exact) mass is 472 g/mol. The van der Waals surface area contributed by atoms with Crippen molar-refractivity contribution in [2.24, 2.45) is 0 Å². The largest absolute Gasteiger partial charge is 0.365 e. The van der Waals surface area contributed by atoms with E-state index in [1.165, 1.54) is 0 Å². The van der Waals surface area contributed by atoms with Crippen molar-refractivity contribution in [2.75, 3.05) is 23.0 Å². The zero-order valence-electron chi connectivity index (χ0n) is 14.0. The third kappa shape index (κ3) is 3.27. The van der Waals surface area contributed by atoms with Gasteiger partial charge in [-0.05, 0) is 48.5 Å². The number of β-amino-alcohol motifs (C(OH)–C–C–N with tert-alkyl or cyclic N) is 1. The first kappa shape index (κ1) is 17.6. The summed E-state index contributed by atoms with van der Waals surface area (Å²) in [5.74, 6) is 0. The molecule has 26 heavy (non-hydrogen) atoms. The van der Waals surface area contributed by atoms with E-state index < -0.39 is 5.72 Å². The van der Waals surface area contributed by atoms with Gasteiger partial charge < -0.3 is 14.9 Å². The van der Waals surface area contributed by atoms with E-state index in [9.17, 15) is 5.11 Å². The number of hydrogen-bond donors (Lipinski definition) is 1. The third-order valence-electron chi connectivity index (χ3n) is 4.74. The van der Waals surface area contributed by atoms with Gasteiger partial charge in [-0.25, -0.2) is 0 Å². The van der Waals surface area contributed by atoms with Gasteiger partial charge in [0.05, 0.1) is 13.2 Å². The molecule has 0 radical (unpaired) electrons. The summed E-state index contributed by atoms with van der Waals surface area (Å²) in [5, 5.41) is 11.7. The molecule has 1 atom stereocenters. The highest BCUT2D eigenvalue weighted by Crippen LogP contribution is 2.39. The fourth-order valence-electron chi connectivity index (χ4n) is 3.38. The fraction of sp³-hybridized carbons (Fsp3) is 0.143. The van der Waals surface area contributed by atoms with Crippen molar-refractivity contribution in [3.8, 4) is 0 Å². The average Bonchev–Trinajstić information content (AvgIpc) is 3.03. The topological polar surface area (TPSA) is 26.7 Å². The summed E-state index contributed by atoms with van der Waals surface area (Å²) in [6.07, 6.45) is 0.